The Bertz CT molecular complexity index is 896. The zero-order valence-electron chi connectivity index (χ0n) is 18.8. The maximum Gasteiger partial charge on any atom is 0.386 e. The average molecular weight is 444 g/mol. The van der Waals surface area contributed by atoms with Crippen molar-refractivity contribution in [2.24, 2.45) is 5.92 Å². The lowest BCUT2D eigenvalue weighted by Gasteiger charge is -2.29. The molecular weight excluding hydrogens is 411 g/mol. The summed E-state index contributed by atoms with van der Waals surface area (Å²) in [5.74, 6) is 0.0820. The molecule has 1 aliphatic carbocycles. The molecule has 1 saturated carbocycles. The van der Waals surface area contributed by atoms with Crippen LogP contribution in [0.3, 0.4) is 0 Å². The first-order chi connectivity index (χ1) is 15.4. The normalized spacial score (nSPS) is 19.0. The Morgan fingerprint density at radius 2 is 1.75 bits per heavy atom. The van der Waals surface area contributed by atoms with Gasteiger partial charge in [0.05, 0.1) is 23.8 Å². The molecule has 1 fully saturated rings. The molecule has 0 heterocycles. The molecule has 3 rings (SSSR count). The summed E-state index contributed by atoms with van der Waals surface area (Å²) < 4.78 is 48.4. The van der Waals surface area contributed by atoms with Crippen LogP contribution in [0.4, 0.5) is 13.2 Å². The van der Waals surface area contributed by atoms with Crippen molar-refractivity contribution >= 4 is 0 Å². The Morgan fingerprint density at radius 1 is 1.03 bits per heavy atom. The molecule has 0 aliphatic heterocycles. The molecular formula is C27H32F3NO. The van der Waals surface area contributed by atoms with Gasteiger partial charge in [0.25, 0.3) is 0 Å². The summed E-state index contributed by atoms with van der Waals surface area (Å²) in [5.41, 5.74) is 1.38. The van der Waals surface area contributed by atoms with Gasteiger partial charge in [0.15, 0.2) is 0 Å². The van der Waals surface area contributed by atoms with E-state index in [2.05, 4.69) is 6.92 Å². The molecule has 0 spiro atoms. The number of hydrogen-bond acceptors (Lipinski definition) is 2. The van der Waals surface area contributed by atoms with Crippen LogP contribution in [0.2, 0.25) is 0 Å². The number of unbranched alkanes of at least 4 members (excludes halogenated alkanes) is 2. The van der Waals surface area contributed by atoms with Crippen LogP contribution in [0.15, 0.2) is 42.5 Å². The molecule has 2 aromatic rings. The molecule has 32 heavy (non-hydrogen) atoms. The van der Waals surface area contributed by atoms with Gasteiger partial charge in [-0.25, -0.2) is 4.39 Å². The average Bonchev–Trinajstić information content (AvgIpc) is 2.80. The SMILES string of the molecule is CCCCCC1CCC(c2ccc(C(F)(F)OCCc3ccc(C#N)cc3)c(F)c2)CC1. The Morgan fingerprint density at radius 3 is 2.38 bits per heavy atom. The first-order valence-corrected chi connectivity index (χ1v) is 11.7. The highest BCUT2D eigenvalue weighted by Crippen LogP contribution is 2.39. The van der Waals surface area contributed by atoms with Crippen molar-refractivity contribution in [3.63, 3.8) is 0 Å². The molecule has 0 amide bonds. The summed E-state index contributed by atoms with van der Waals surface area (Å²) in [4.78, 5) is 0. The summed E-state index contributed by atoms with van der Waals surface area (Å²) in [5, 5.41) is 8.81. The minimum Gasteiger partial charge on any atom is -0.316 e. The molecule has 0 unspecified atom stereocenters. The van der Waals surface area contributed by atoms with Crippen LogP contribution < -0.4 is 0 Å². The van der Waals surface area contributed by atoms with Gasteiger partial charge in [0.2, 0.25) is 0 Å². The minimum atomic E-state index is -3.69. The largest absolute Gasteiger partial charge is 0.386 e. The molecule has 2 aromatic carbocycles. The van der Waals surface area contributed by atoms with E-state index in [1.54, 1.807) is 30.3 Å². The fourth-order valence-corrected chi connectivity index (χ4v) is 4.61. The zero-order valence-corrected chi connectivity index (χ0v) is 18.8. The topological polar surface area (TPSA) is 33.0 Å². The van der Waals surface area contributed by atoms with E-state index in [-0.39, 0.29) is 18.9 Å². The highest BCUT2D eigenvalue weighted by molar-refractivity contribution is 5.32. The highest BCUT2D eigenvalue weighted by atomic mass is 19.3. The Balaban J connectivity index is 1.53. The van der Waals surface area contributed by atoms with Crippen molar-refractivity contribution in [2.45, 2.75) is 76.7 Å². The second kappa shape index (κ2) is 11.5. The van der Waals surface area contributed by atoms with Gasteiger partial charge >= 0.3 is 6.11 Å². The summed E-state index contributed by atoms with van der Waals surface area (Å²) in [6.07, 6.45) is 5.85. The number of hydrogen-bond donors (Lipinski definition) is 0. The smallest absolute Gasteiger partial charge is 0.316 e. The molecule has 0 radical (unpaired) electrons. The molecule has 1 aliphatic rings. The quantitative estimate of drug-likeness (QED) is 0.350. The van der Waals surface area contributed by atoms with Crippen LogP contribution in [0.25, 0.3) is 0 Å². The summed E-state index contributed by atoms with van der Waals surface area (Å²) in [7, 11) is 0. The van der Waals surface area contributed by atoms with E-state index in [9.17, 15) is 13.2 Å². The summed E-state index contributed by atoms with van der Waals surface area (Å²) in [6, 6.07) is 12.8. The van der Waals surface area contributed by atoms with Crippen LogP contribution in [0.5, 0.6) is 0 Å². The van der Waals surface area contributed by atoms with Crippen LogP contribution >= 0.6 is 0 Å². The molecule has 0 saturated heterocycles. The predicted molar refractivity (Wildman–Crippen MR) is 120 cm³/mol. The van der Waals surface area contributed by atoms with Gasteiger partial charge < -0.3 is 4.74 Å². The van der Waals surface area contributed by atoms with E-state index in [1.165, 1.54) is 37.8 Å². The number of halogens is 3. The third-order valence-corrected chi connectivity index (χ3v) is 6.60. The first-order valence-electron chi connectivity index (χ1n) is 11.7. The van der Waals surface area contributed by atoms with E-state index in [0.29, 0.717) is 5.56 Å². The van der Waals surface area contributed by atoms with E-state index < -0.39 is 17.5 Å². The van der Waals surface area contributed by atoms with Gasteiger partial charge in [0.1, 0.15) is 5.82 Å². The van der Waals surface area contributed by atoms with Gasteiger partial charge in [-0.05, 0) is 79.3 Å². The fraction of sp³-hybridized carbons (Fsp3) is 0.519. The van der Waals surface area contributed by atoms with Crippen LogP contribution in [-0.2, 0) is 17.3 Å². The summed E-state index contributed by atoms with van der Waals surface area (Å²) in [6.45, 7) is 1.96. The minimum absolute atomic E-state index is 0.242. The van der Waals surface area contributed by atoms with Crippen molar-refractivity contribution in [3.05, 3.63) is 70.5 Å². The van der Waals surface area contributed by atoms with Crippen LogP contribution in [0, 0.1) is 23.1 Å². The second-order valence-electron chi connectivity index (χ2n) is 8.88. The van der Waals surface area contributed by atoms with Gasteiger partial charge in [-0.3, -0.25) is 0 Å². The number of nitrogens with zero attached hydrogens (tertiary/aromatic N) is 1. The van der Waals surface area contributed by atoms with E-state index in [0.717, 1.165) is 42.7 Å². The number of benzene rings is 2. The van der Waals surface area contributed by atoms with Crippen molar-refractivity contribution in [2.75, 3.05) is 6.61 Å². The Kier molecular flexibility index (Phi) is 8.75. The Hall–Kier alpha value is -2.32. The molecule has 172 valence electrons. The number of rotatable bonds is 10. The van der Waals surface area contributed by atoms with Crippen LogP contribution in [-0.4, -0.2) is 6.61 Å². The van der Waals surface area contributed by atoms with Crippen LogP contribution in [0.1, 0.15) is 86.5 Å². The van der Waals surface area contributed by atoms with E-state index >= 15 is 0 Å². The third-order valence-electron chi connectivity index (χ3n) is 6.60. The van der Waals surface area contributed by atoms with Gasteiger partial charge in [-0.1, -0.05) is 50.8 Å². The second-order valence-corrected chi connectivity index (χ2v) is 8.88. The van der Waals surface area contributed by atoms with Crippen molar-refractivity contribution in [1.29, 1.82) is 5.26 Å². The fourth-order valence-electron chi connectivity index (χ4n) is 4.61. The predicted octanol–water partition coefficient (Wildman–Crippen LogP) is 7.86. The standard InChI is InChI=1S/C27H32F3NO/c1-2-3-4-5-20-10-12-23(13-11-20)24-14-15-25(26(28)18-24)27(29,30)32-17-16-21-6-8-22(19-31)9-7-21/h6-9,14-15,18,20,23H,2-5,10-13,16-17H2,1H3. The van der Waals surface area contributed by atoms with Crippen molar-refractivity contribution < 1.29 is 17.9 Å². The molecule has 5 heteroatoms. The zero-order chi connectivity index (χ0) is 23.0. The third kappa shape index (κ3) is 6.59. The molecule has 0 N–H and O–H groups in total. The number of ether oxygens (including phenoxy) is 1. The molecule has 0 bridgehead atoms. The molecule has 2 nitrogen and oxygen atoms in total. The monoisotopic (exact) mass is 443 g/mol. The lowest BCUT2D eigenvalue weighted by molar-refractivity contribution is -0.249. The highest BCUT2D eigenvalue weighted by Gasteiger charge is 2.36. The maximum absolute atomic E-state index is 14.6. The summed E-state index contributed by atoms with van der Waals surface area (Å²) >= 11 is 0. The number of alkyl halides is 2. The van der Waals surface area contributed by atoms with Crippen molar-refractivity contribution in [1.82, 2.24) is 0 Å². The number of nitriles is 1. The maximum atomic E-state index is 14.6. The lowest BCUT2D eigenvalue weighted by Crippen LogP contribution is -2.22. The Labute approximate surface area is 189 Å². The lowest BCUT2D eigenvalue weighted by atomic mass is 9.77. The molecule has 0 atom stereocenters. The van der Waals surface area contributed by atoms with Gasteiger partial charge in [-0.2, -0.15) is 14.0 Å². The van der Waals surface area contributed by atoms with Gasteiger partial charge in [-0.15, -0.1) is 0 Å². The first kappa shape index (κ1) is 24.3. The van der Waals surface area contributed by atoms with E-state index in [4.69, 9.17) is 10.00 Å². The van der Waals surface area contributed by atoms with Gasteiger partial charge in [0, 0.05) is 0 Å². The molecule has 0 aromatic heterocycles. The van der Waals surface area contributed by atoms with Crippen molar-refractivity contribution in [3.8, 4) is 6.07 Å². The van der Waals surface area contributed by atoms with E-state index in [1.807, 2.05) is 6.07 Å².